The number of rotatable bonds is 8. The van der Waals surface area contributed by atoms with Gasteiger partial charge in [-0.25, -0.2) is 9.59 Å². The van der Waals surface area contributed by atoms with Gasteiger partial charge in [-0.3, -0.25) is 4.79 Å². The number of fused-ring (bicyclic) bond motifs is 1. The number of esters is 1. The Morgan fingerprint density at radius 3 is 2.26 bits per heavy atom. The van der Waals surface area contributed by atoms with Crippen molar-refractivity contribution in [3.8, 4) is 5.75 Å². The van der Waals surface area contributed by atoms with Gasteiger partial charge in [0.1, 0.15) is 17.4 Å². The molecule has 1 atom stereocenters. The van der Waals surface area contributed by atoms with Crippen LogP contribution in [0.25, 0.3) is 11.0 Å². The molecule has 6 nitrogen and oxygen atoms in total. The molecule has 0 aliphatic rings. The van der Waals surface area contributed by atoms with E-state index in [-0.39, 0.29) is 18.7 Å². The maximum absolute atomic E-state index is 13.3. The summed E-state index contributed by atoms with van der Waals surface area (Å²) in [5, 5.41) is 3.63. The zero-order chi connectivity index (χ0) is 24.8. The summed E-state index contributed by atoms with van der Waals surface area (Å²) in [7, 11) is 0. The van der Waals surface area contributed by atoms with E-state index in [9.17, 15) is 14.4 Å². The number of aryl methyl sites for hydroxylation is 2. The number of hydrogen-bond acceptors (Lipinski definition) is 5. The van der Waals surface area contributed by atoms with Crippen molar-refractivity contribution >= 4 is 22.8 Å². The Labute approximate surface area is 203 Å². The Bertz CT molecular complexity index is 1390. The van der Waals surface area contributed by atoms with Crippen molar-refractivity contribution in [1.82, 2.24) is 5.32 Å². The largest absolute Gasteiger partial charge is 0.425 e. The van der Waals surface area contributed by atoms with Crippen molar-refractivity contribution in [3.05, 3.63) is 112 Å². The lowest BCUT2D eigenvalue weighted by Gasteiger charge is -2.19. The summed E-state index contributed by atoms with van der Waals surface area (Å²) in [5.41, 5.74) is 3.22. The van der Waals surface area contributed by atoms with Gasteiger partial charge >= 0.3 is 11.6 Å². The van der Waals surface area contributed by atoms with Crippen molar-refractivity contribution in [3.63, 3.8) is 0 Å². The van der Waals surface area contributed by atoms with Gasteiger partial charge in [0.15, 0.2) is 0 Å². The number of ether oxygens (including phenoxy) is 1. The molecule has 0 saturated carbocycles. The Kier molecular flexibility index (Phi) is 7.41. The summed E-state index contributed by atoms with van der Waals surface area (Å²) in [6, 6.07) is 22.8. The van der Waals surface area contributed by atoms with Gasteiger partial charge < -0.3 is 14.5 Å². The number of carbonyl (C=O) groups is 2. The van der Waals surface area contributed by atoms with Crippen LogP contribution in [0, 0.1) is 6.92 Å². The van der Waals surface area contributed by atoms with E-state index in [0.717, 1.165) is 27.6 Å². The van der Waals surface area contributed by atoms with Crippen LogP contribution in [0.4, 0.5) is 0 Å². The van der Waals surface area contributed by atoms with E-state index in [1.54, 1.807) is 6.07 Å². The topological polar surface area (TPSA) is 85.6 Å². The first kappa shape index (κ1) is 24.0. The Hall–Kier alpha value is -4.19. The molecule has 6 heteroatoms. The minimum absolute atomic E-state index is 0.153. The maximum atomic E-state index is 13.3. The molecule has 0 aliphatic heterocycles. The molecule has 1 N–H and O–H groups in total. The number of benzene rings is 3. The highest BCUT2D eigenvalue weighted by Crippen LogP contribution is 2.28. The minimum atomic E-state index is -0.890. The lowest BCUT2D eigenvalue weighted by molar-refractivity contribution is -0.139. The highest BCUT2D eigenvalue weighted by atomic mass is 16.5. The number of amides is 1. The van der Waals surface area contributed by atoms with E-state index in [4.69, 9.17) is 9.15 Å². The van der Waals surface area contributed by atoms with Crippen molar-refractivity contribution in [1.29, 1.82) is 0 Å². The molecule has 4 rings (SSSR count). The van der Waals surface area contributed by atoms with E-state index in [2.05, 4.69) is 5.32 Å². The van der Waals surface area contributed by atoms with Gasteiger partial charge in [0, 0.05) is 23.9 Å². The van der Waals surface area contributed by atoms with Gasteiger partial charge in [-0.2, -0.15) is 0 Å². The molecule has 0 unspecified atom stereocenters. The summed E-state index contributed by atoms with van der Waals surface area (Å²) in [4.78, 5) is 37.9. The van der Waals surface area contributed by atoms with E-state index < -0.39 is 17.6 Å². The molecule has 1 aromatic heterocycles. The quantitative estimate of drug-likeness (QED) is 0.233. The predicted molar refractivity (Wildman–Crippen MR) is 134 cm³/mol. The molecule has 178 valence electrons. The third-order valence-corrected chi connectivity index (χ3v) is 5.83. The van der Waals surface area contributed by atoms with Crippen molar-refractivity contribution in [2.75, 3.05) is 0 Å². The van der Waals surface area contributed by atoms with Crippen LogP contribution in [0.1, 0.15) is 29.2 Å². The van der Waals surface area contributed by atoms with Gasteiger partial charge in [0.05, 0.1) is 6.42 Å². The number of hydrogen-bond donors (Lipinski definition) is 1. The average Bonchev–Trinajstić information content (AvgIpc) is 2.84. The molecule has 0 aliphatic carbocycles. The Morgan fingerprint density at radius 2 is 1.60 bits per heavy atom. The predicted octanol–water partition coefficient (Wildman–Crippen LogP) is 4.54. The van der Waals surface area contributed by atoms with Gasteiger partial charge in [0.2, 0.25) is 5.91 Å². The minimum Gasteiger partial charge on any atom is -0.425 e. The highest BCUT2D eigenvalue weighted by Gasteiger charge is 2.25. The van der Waals surface area contributed by atoms with Crippen LogP contribution in [0.15, 0.2) is 88.1 Å². The maximum Gasteiger partial charge on any atom is 0.336 e. The summed E-state index contributed by atoms with van der Waals surface area (Å²) in [6.07, 6.45) is 1.05. The van der Waals surface area contributed by atoms with Crippen molar-refractivity contribution in [2.45, 2.75) is 39.2 Å². The molecule has 0 spiro atoms. The van der Waals surface area contributed by atoms with Gasteiger partial charge in [-0.15, -0.1) is 0 Å². The van der Waals surface area contributed by atoms with Crippen LogP contribution >= 0.6 is 0 Å². The molecule has 1 amide bonds. The van der Waals surface area contributed by atoms with Crippen LogP contribution < -0.4 is 15.7 Å². The SMILES string of the molecule is CCc1cc2c(C)cc(=O)oc2cc1OC(=O)[C@H](Cc1ccccc1)NC(=O)Cc1ccccc1. The van der Waals surface area contributed by atoms with Gasteiger partial charge in [0.25, 0.3) is 0 Å². The second kappa shape index (κ2) is 10.8. The average molecular weight is 470 g/mol. The fourth-order valence-electron chi connectivity index (χ4n) is 4.01. The summed E-state index contributed by atoms with van der Waals surface area (Å²) < 4.78 is 11.1. The Balaban J connectivity index is 1.60. The van der Waals surface area contributed by atoms with Crippen LogP contribution in [0.2, 0.25) is 0 Å². The second-order valence-corrected chi connectivity index (χ2v) is 8.45. The summed E-state index contributed by atoms with van der Waals surface area (Å²) in [5.74, 6) is -0.543. The molecule has 0 radical (unpaired) electrons. The highest BCUT2D eigenvalue weighted by molar-refractivity contribution is 5.88. The molecular weight excluding hydrogens is 442 g/mol. The number of carbonyl (C=O) groups excluding carboxylic acids is 2. The lowest BCUT2D eigenvalue weighted by atomic mass is 10.0. The first-order valence-electron chi connectivity index (χ1n) is 11.6. The summed E-state index contributed by atoms with van der Waals surface area (Å²) >= 11 is 0. The molecule has 0 saturated heterocycles. The molecule has 3 aromatic carbocycles. The third-order valence-electron chi connectivity index (χ3n) is 5.83. The molecule has 0 bridgehead atoms. The molecule has 1 heterocycles. The fourth-order valence-corrected chi connectivity index (χ4v) is 4.01. The van der Waals surface area contributed by atoms with Gasteiger partial charge in [-0.05, 0) is 41.7 Å². The zero-order valence-electron chi connectivity index (χ0n) is 19.7. The normalized spacial score (nSPS) is 11.7. The van der Waals surface area contributed by atoms with Crippen LogP contribution in [-0.4, -0.2) is 17.9 Å². The first-order chi connectivity index (χ1) is 16.9. The van der Waals surface area contributed by atoms with Crippen molar-refractivity contribution in [2.24, 2.45) is 0 Å². The molecule has 4 aromatic rings. The third kappa shape index (κ3) is 6.03. The molecular formula is C29H27NO5. The summed E-state index contributed by atoms with van der Waals surface area (Å²) in [6.45, 7) is 3.79. The van der Waals surface area contributed by atoms with Crippen LogP contribution in [0.3, 0.4) is 0 Å². The number of nitrogens with one attached hydrogen (secondary N) is 1. The van der Waals surface area contributed by atoms with Gasteiger partial charge in [-0.1, -0.05) is 67.6 Å². The van der Waals surface area contributed by atoms with E-state index in [1.807, 2.05) is 80.6 Å². The smallest absolute Gasteiger partial charge is 0.336 e. The zero-order valence-corrected chi connectivity index (χ0v) is 19.7. The van der Waals surface area contributed by atoms with Crippen LogP contribution in [-0.2, 0) is 28.9 Å². The van der Waals surface area contributed by atoms with E-state index >= 15 is 0 Å². The van der Waals surface area contributed by atoms with Crippen molar-refractivity contribution < 1.29 is 18.7 Å². The molecule has 0 fully saturated rings. The lowest BCUT2D eigenvalue weighted by Crippen LogP contribution is -2.45. The molecule has 35 heavy (non-hydrogen) atoms. The van der Waals surface area contributed by atoms with E-state index in [0.29, 0.717) is 17.8 Å². The standard InChI is InChI=1S/C29H27NO5/c1-3-22-17-23-19(2)14-28(32)34-26(23)18-25(22)35-29(33)24(15-20-10-6-4-7-11-20)30-27(31)16-21-12-8-5-9-13-21/h4-14,17-18,24H,3,15-16H2,1-2H3,(H,30,31)/t24-/m0/s1. The second-order valence-electron chi connectivity index (χ2n) is 8.45. The van der Waals surface area contributed by atoms with Crippen LogP contribution in [0.5, 0.6) is 5.75 Å². The Morgan fingerprint density at radius 1 is 0.943 bits per heavy atom. The first-order valence-corrected chi connectivity index (χ1v) is 11.6. The monoisotopic (exact) mass is 469 g/mol. The van der Waals surface area contributed by atoms with E-state index in [1.165, 1.54) is 6.07 Å². The fraction of sp³-hybridized carbons (Fsp3) is 0.207.